The Hall–Kier alpha value is -1.42. The van der Waals surface area contributed by atoms with Gasteiger partial charge in [-0.2, -0.15) is 0 Å². The largest absolute Gasteiger partial charge is 0.492 e. The molecule has 0 spiro atoms. The smallest absolute Gasteiger partial charge is 0.314 e. The van der Waals surface area contributed by atoms with Crippen molar-refractivity contribution in [2.45, 2.75) is 26.7 Å². The second-order valence-corrected chi connectivity index (χ2v) is 5.46. The lowest BCUT2D eigenvalue weighted by Gasteiger charge is -2.09. The Balaban J connectivity index is 2.03. The van der Waals surface area contributed by atoms with Crippen LogP contribution in [0.3, 0.4) is 0 Å². The monoisotopic (exact) mass is 298 g/mol. The van der Waals surface area contributed by atoms with Gasteiger partial charge in [0.25, 0.3) is 0 Å². The Kier molecular flexibility index (Phi) is 7.88. The van der Waals surface area contributed by atoms with Gasteiger partial charge >= 0.3 is 6.03 Å². The molecule has 2 amide bonds. The normalized spacial score (nSPS) is 10.4. The van der Waals surface area contributed by atoms with Gasteiger partial charge in [-0.1, -0.05) is 25.4 Å². The van der Waals surface area contributed by atoms with Gasteiger partial charge in [0.1, 0.15) is 12.4 Å². The fraction of sp³-hybridized carbons (Fsp3) is 0.533. The maximum absolute atomic E-state index is 11.4. The van der Waals surface area contributed by atoms with E-state index in [4.69, 9.17) is 16.3 Å². The predicted molar refractivity (Wildman–Crippen MR) is 82.4 cm³/mol. The Labute approximate surface area is 125 Å². The molecule has 0 saturated carbocycles. The first kappa shape index (κ1) is 16.6. The third kappa shape index (κ3) is 7.89. The zero-order chi connectivity index (χ0) is 14.8. The highest BCUT2D eigenvalue weighted by Crippen LogP contribution is 2.14. The highest BCUT2D eigenvalue weighted by Gasteiger charge is 2.00. The van der Waals surface area contributed by atoms with Crippen molar-refractivity contribution >= 4 is 17.6 Å². The summed E-state index contributed by atoms with van der Waals surface area (Å²) in [5, 5.41) is 6.25. The molecule has 2 N–H and O–H groups in total. The molecule has 1 rings (SSSR count). The fourth-order valence-electron chi connectivity index (χ4n) is 1.64. The number of nitrogens with one attached hydrogen (secondary N) is 2. The number of amides is 2. The lowest BCUT2D eigenvalue weighted by molar-refractivity contribution is 0.236. The first-order valence-corrected chi connectivity index (χ1v) is 7.36. The van der Waals surface area contributed by atoms with Gasteiger partial charge in [-0.3, -0.25) is 0 Å². The van der Waals surface area contributed by atoms with Crippen LogP contribution in [0, 0.1) is 5.92 Å². The second-order valence-electron chi connectivity index (χ2n) is 5.02. The highest BCUT2D eigenvalue weighted by molar-refractivity contribution is 6.30. The Morgan fingerprint density at radius 3 is 2.50 bits per heavy atom. The maximum Gasteiger partial charge on any atom is 0.314 e. The number of carbonyl (C=O) groups excluding carboxylic acids is 1. The van der Waals surface area contributed by atoms with Crippen LogP contribution in [0.15, 0.2) is 24.3 Å². The quantitative estimate of drug-likeness (QED) is 0.722. The van der Waals surface area contributed by atoms with Gasteiger partial charge in [-0.05, 0) is 43.0 Å². The lowest BCUT2D eigenvalue weighted by Crippen LogP contribution is -2.38. The van der Waals surface area contributed by atoms with E-state index in [-0.39, 0.29) is 6.03 Å². The van der Waals surface area contributed by atoms with Crippen molar-refractivity contribution in [1.82, 2.24) is 10.6 Å². The van der Waals surface area contributed by atoms with Crippen molar-refractivity contribution in [3.8, 4) is 5.75 Å². The maximum atomic E-state index is 11.4. The van der Waals surface area contributed by atoms with Crippen LogP contribution in [0.5, 0.6) is 5.75 Å². The molecule has 0 aliphatic rings. The highest BCUT2D eigenvalue weighted by atomic mass is 35.5. The SMILES string of the molecule is CC(C)CCCNC(=O)NCCOc1ccc(Cl)cc1. The van der Waals surface area contributed by atoms with E-state index >= 15 is 0 Å². The molecule has 0 fully saturated rings. The number of hydrogen-bond donors (Lipinski definition) is 2. The molecule has 0 heterocycles. The van der Waals surface area contributed by atoms with E-state index < -0.39 is 0 Å². The molecule has 4 nitrogen and oxygen atoms in total. The van der Waals surface area contributed by atoms with Crippen molar-refractivity contribution in [2.75, 3.05) is 19.7 Å². The summed E-state index contributed by atoms with van der Waals surface area (Å²) >= 11 is 5.77. The zero-order valence-electron chi connectivity index (χ0n) is 12.1. The standard InChI is InChI=1S/C15H23ClN2O2/c1-12(2)4-3-9-17-15(19)18-10-11-20-14-7-5-13(16)6-8-14/h5-8,12H,3-4,9-11H2,1-2H3,(H2,17,18,19). The van der Waals surface area contributed by atoms with E-state index in [0.717, 1.165) is 18.6 Å². The number of ether oxygens (including phenoxy) is 1. The third-order valence-corrected chi connectivity index (χ3v) is 2.97. The van der Waals surface area contributed by atoms with Crippen LogP contribution in [-0.2, 0) is 0 Å². The van der Waals surface area contributed by atoms with Gasteiger partial charge in [-0.15, -0.1) is 0 Å². The Morgan fingerprint density at radius 1 is 1.20 bits per heavy atom. The van der Waals surface area contributed by atoms with Crippen molar-refractivity contribution in [1.29, 1.82) is 0 Å². The molecular weight excluding hydrogens is 276 g/mol. The van der Waals surface area contributed by atoms with Crippen LogP contribution in [0.2, 0.25) is 5.02 Å². The minimum atomic E-state index is -0.145. The Morgan fingerprint density at radius 2 is 1.85 bits per heavy atom. The summed E-state index contributed by atoms with van der Waals surface area (Å²) in [6.07, 6.45) is 2.13. The molecule has 1 aromatic rings. The first-order valence-electron chi connectivity index (χ1n) is 6.98. The molecule has 0 aliphatic heterocycles. The summed E-state index contributed by atoms with van der Waals surface area (Å²) in [4.78, 5) is 11.4. The number of carbonyl (C=O) groups is 1. The zero-order valence-corrected chi connectivity index (χ0v) is 12.9. The minimum absolute atomic E-state index is 0.145. The van der Waals surface area contributed by atoms with Gasteiger partial charge in [0, 0.05) is 11.6 Å². The molecule has 0 bridgehead atoms. The minimum Gasteiger partial charge on any atom is -0.492 e. The number of urea groups is 1. The molecule has 20 heavy (non-hydrogen) atoms. The molecule has 0 unspecified atom stereocenters. The molecule has 112 valence electrons. The van der Waals surface area contributed by atoms with Crippen LogP contribution in [0.25, 0.3) is 0 Å². The third-order valence-electron chi connectivity index (χ3n) is 2.71. The van der Waals surface area contributed by atoms with Crippen molar-refractivity contribution in [2.24, 2.45) is 5.92 Å². The summed E-state index contributed by atoms with van der Waals surface area (Å²) in [5.41, 5.74) is 0. The van der Waals surface area contributed by atoms with Gasteiger partial charge in [0.05, 0.1) is 6.54 Å². The van der Waals surface area contributed by atoms with Crippen LogP contribution in [0.4, 0.5) is 4.79 Å². The summed E-state index contributed by atoms with van der Waals surface area (Å²) in [5.74, 6) is 1.42. The summed E-state index contributed by atoms with van der Waals surface area (Å²) < 4.78 is 5.47. The van der Waals surface area contributed by atoms with E-state index in [1.165, 1.54) is 0 Å². The second kappa shape index (κ2) is 9.48. The molecule has 0 radical (unpaired) electrons. The van der Waals surface area contributed by atoms with Crippen LogP contribution in [0.1, 0.15) is 26.7 Å². The number of benzene rings is 1. The van der Waals surface area contributed by atoms with Gasteiger partial charge in [-0.25, -0.2) is 4.79 Å². The van der Waals surface area contributed by atoms with Crippen molar-refractivity contribution in [3.63, 3.8) is 0 Å². The van der Waals surface area contributed by atoms with Gasteiger partial charge in [0.2, 0.25) is 0 Å². The number of rotatable bonds is 8. The topological polar surface area (TPSA) is 50.4 Å². The molecule has 0 aromatic heterocycles. The summed E-state index contributed by atoms with van der Waals surface area (Å²) in [7, 11) is 0. The molecule has 0 saturated heterocycles. The van der Waals surface area contributed by atoms with Gasteiger partial charge in [0.15, 0.2) is 0 Å². The molecule has 1 aromatic carbocycles. The van der Waals surface area contributed by atoms with E-state index in [1.807, 2.05) is 0 Å². The average Bonchev–Trinajstić information content (AvgIpc) is 2.41. The molecule has 5 heteroatoms. The number of halogens is 1. The first-order chi connectivity index (χ1) is 9.58. The molecule has 0 atom stereocenters. The average molecular weight is 299 g/mol. The number of hydrogen-bond acceptors (Lipinski definition) is 2. The summed E-state index contributed by atoms with van der Waals surface area (Å²) in [6.45, 7) is 5.96. The van der Waals surface area contributed by atoms with E-state index in [2.05, 4.69) is 24.5 Å². The van der Waals surface area contributed by atoms with E-state index in [1.54, 1.807) is 24.3 Å². The molecule has 0 aliphatic carbocycles. The van der Waals surface area contributed by atoms with Crippen LogP contribution < -0.4 is 15.4 Å². The van der Waals surface area contributed by atoms with Crippen LogP contribution >= 0.6 is 11.6 Å². The van der Waals surface area contributed by atoms with Crippen molar-refractivity contribution in [3.05, 3.63) is 29.3 Å². The van der Waals surface area contributed by atoms with Gasteiger partial charge < -0.3 is 15.4 Å². The predicted octanol–water partition coefficient (Wildman–Crippen LogP) is 3.45. The molecular formula is C15H23ClN2O2. The summed E-state index contributed by atoms with van der Waals surface area (Å²) in [6, 6.07) is 6.99. The fourth-order valence-corrected chi connectivity index (χ4v) is 1.76. The van der Waals surface area contributed by atoms with E-state index in [9.17, 15) is 4.79 Å². The van der Waals surface area contributed by atoms with Crippen LogP contribution in [-0.4, -0.2) is 25.7 Å². The van der Waals surface area contributed by atoms with Crippen molar-refractivity contribution < 1.29 is 9.53 Å². The van der Waals surface area contributed by atoms with E-state index in [0.29, 0.717) is 30.6 Å². The lowest BCUT2D eigenvalue weighted by atomic mass is 10.1. The Bertz CT molecular complexity index is 393.